The van der Waals surface area contributed by atoms with Crippen LogP contribution in [0.2, 0.25) is 0 Å². The van der Waals surface area contributed by atoms with Gasteiger partial charge < -0.3 is 14.8 Å². The molecular weight excluding hydrogens is 304 g/mol. The van der Waals surface area contributed by atoms with Gasteiger partial charge in [-0.3, -0.25) is 4.98 Å². The Morgan fingerprint density at radius 1 is 1.21 bits per heavy atom. The third kappa shape index (κ3) is 4.13. The monoisotopic (exact) mass is 326 g/mol. The fourth-order valence-corrected chi connectivity index (χ4v) is 2.73. The number of nitrogens with one attached hydrogen (secondary N) is 2. The van der Waals surface area contributed by atoms with Crippen LogP contribution in [0.5, 0.6) is 0 Å². The van der Waals surface area contributed by atoms with Crippen LogP contribution in [0.4, 0.5) is 0 Å². The summed E-state index contributed by atoms with van der Waals surface area (Å²) in [5, 5.41) is 13.7. The van der Waals surface area contributed by atoms with Crippen molar-refractivity contribution in [1.82, 2.24) is 10.3 Å². The molecule has 0 saturated carbocycles. The molecular formula is C19H22N2O3. The van der Waals surface area contributed by atoms with E-state index in [4.69, 9.17) is 4.42 Å². The van der Waals surface area contributed by atoms with Gasteiger partial charge in [0.1, 0.15) is 0 Å². The van der Waals surface area contributed by atoms with E-state index < -0.39 is 11.9 Å². The highest BCUT2D eigenvalue weighted by atomic mass is 16.4. The Hall–Kier alpha value is -2.37. The van der Waals surface area contributed by atoms with Gasteiger partial charge in [0.25, 0.3) is 0 Å². The number of oxazole rings is 1. The van der Waals surface area contributed by atoms with Crippen molar-refractivity contribution in [2.45, 2.75) is 31.9 Å². The first-order valence-electron chi connectivity index (χ1n) is 8.20. The molecule has 0 aliphatic rings. The van der Waals surface area contributed by atoms with E-state index in [1.807, 2.05) is 18.2 Å². The predicted molar refractivity (Wildman–Crippen MR) is 94.0 cm³/mol. The highest BCUT2D eigenvalue weighted by Crippen LogP contribution is 2.18. The van der Waals surface area contributed by atoms with Crippen LogP contribution in [0.1, 0.15) is 30.6 Å². The maximum atomic E-state index is 11.2. The van der Waals surface area contributed by atoms with Crippen molar-refractivity contribution in [3.63, 3.8) is 0 Å². The lowest BCUT2D eigenvalue weighted by Crippen LogP contribution is -2.30. The number of fused-ring (bicyclic) bond motifs is 1. The van der Waals surface area contributed by atoms with Gasteiger partial charge in [-0.25, -0.2) is 4.79 Å². The summed E-state index contributed by atoms with van der Waals surface area (Å²) < 4.78 is 5.03. The standard InChI is InChI=1S/C19H22N2O3/c1-13(7-8-14-5-3-2-4-6-14)20-12-17(22)15-9-10-16-18(11-15)24-19(23)21-16/h2-6,9-11,13,17,20,22H,7-8,12H2,1H3,(H,21,23). The lowest BCUT2D eigenvalue weighted by atomic mass is 10.1. The van der Waals surface area contributed by atoms with Crippen LogP contribution >= 0.6 is 0 Å². The second-order valence-corrected chi connectivity index (χ2v) is 6.12. The van der Waals surface area contributed by atoms with E-state index in [-0.39, 0.29) is 0 Å². The zero-order valence-electron chi connectivity index (χ0n) is 13.7. The molecule has 2 atom stereocenters. The van der Waals surface area contributed by atoms with Gasteiger partial charge in [-0.05, 0) is 43.0 Å². The van der Waals surface area contributed by atoms with Crippen LogP contribution < -0.4 is 11.1 Å². The van der Waals surface area contributed by atoms with Gasteiger partial charge in [0, 0.05) is 12.6 Å². The van der Waals surface area contributed by atoms with Gasteiger partial charge in [-0.15, -0.1) is 0 Å². The van der Waals surface area contributed by atoms with E-state index in [0.29, 0.717) is 23.7 Å². The maximum Gasteiger partial charge on any atom is 0.417 e. The number of aromatic amines is 1. The summed E-state index contributed by atoms with van der Waals surface area (Å²) in [6, 6.07) is 15.9. The molecule has 0 bridgehead atoms. The average Bonchev–Trinajstić information content (AvgIpc) is 2.97. The zero-order chi connectivity index (χ0) is 16.9. The number of aliphatic hydroxyl groups excluding tert-OH is 1. The van der Waals surface area contributed by atoms with Crippen LogP contribution in [0.15, 0.2) is 57.7 Å². The van der Waals surface area contributed by atoms with Crippen molar-refractivity contribution in [2.75, 3.05) is 6.54 Å². The third-order valence-electron chi connectivity index (χ3n) is 4.20. The van der Waals surface area contributed by atoms with Crippen LogP contribution in [0.3, 0.4) is 0 Å². The number of aliphatic hydroxyl groups is 1. The normalized spacial score (nSPS) is 13.9. The first kappa shape index (κ1) is 16.5. The molecule has 5 heteroatoms. The van der Waals surface area contributed by atoms with E-state index in [9.17, 15) is 9.90 Å². The summed E-state index contributed by atoms with van der Waals surface area (Å²) in [7, 11) is 0. The number of aryl methyl sites for hydroxylation is 1. The van der Waals surface area contributed by atoms with Crippen LogP contribution in [0, 0.1) is 0 Å². The number of benzene rings is 2. The number of H-pyrrole nitrogens is 1. The molecule has 1 aromatic heterocycles. The molecule has 0 radical (unpaired) electrons. The second kappa shape index (κ2) is 7.47. The van der Waals surface area contributed by atoms with Crippen LogP contribution in [-0.4, -0.2) is 22.7 Å². The lowest BCUT2D eigenvalue weighted by Gasteiger charge is -2.17. The highest BCUT2D eigenvalue weighted by molar-refractivity contribution is 5.72. The van der Waals surface area contributed by atoms with Gasteiger partial charge in [0.05, 0.1) is 11.6 Å². The molecule has 0 amide bonds. The SMILES string of the molecule is CC(CCc1ccccc1)NCC(O)c1ccc2[nH]c(=O)oc2c1. The minimum Gasteiger partial charge on any atom is -0.408 e. The summed E-state index contributed by atoms with van der Waals surface area (Å²) in [5.41, 5.74) is 3.15. The van der Waals surface area contributed by atoms with E-state index in [1.54, 1.807) is 18.2 Å². The van der Waals surface area contributed by atoms with E-state index in [0.717, 1.165) is 18.4 Å². The minimum atomic E-state index is -0.645. The molecule has 3 aromatic rings. The van der Waals surface area contributed by atoms with E-state index in [1.165, 1.54) is 5.56 Å². The Morgan fingerprint density at radius 3 is 2.79 bits per heavy atom. The highest BCUT2D eigenvalue weighted by Gasteiger charge is 2.12. The van der Waals surface area contributed by atoms with Crippen molar-refractivity contribution in [2.24, 2.45) is 0 Å². The van der Waals surface area contributed by atoms with Crippen molar-refractivity contribution in [3.8, 4) is 0 Å². The zero-order valence-corrected chi connectivity index (χ0v) is 13.7. The molecule has 2 unspecified atom stereocenters. The average molecular weight is 326 g/mol. The van der Waals surface area contributed by atoms with E-state index >= 15 is 0 Å². The molecule has 3 N–H and O–H groups in total. The maximum absolute atomic E-state index is 11.2. The van der Waals surface area contributed by atoms with Gasteiger partial charge in [0.2, 0.25) is 0 Å². The molecule has 2 aromatic carbocycles. The summed E-state index contributed by atoms with van der Waals surface area (Å²) >= 11 is 0. The largest absolute Gasteiger partial charge is 0.417 e. The molecule has 0 fully saturated rings. The molecule has 0 aliphatic carbocycles. The second-order valence-electron chi connectivity index (χ2n) is 6.12. The van der Waals surface area contributed by atoms with Crippen molar-refractivity contribution in [3.05, 3.63) is 70.2 Å². The van der Waals surface area contributed by atoms with E-state index in [2.05, 4.69) is 29.4 Å². The van der Waals surface area contributed by atoms with Gasteiger partial charge in [-0.2, -0.15) is 0 Å². The molecule has 126 valence electrons. The Labute approximate surface area is 140 Å². The van der Waals surface area contributed by atoms with Gasteiger partial charge >= 0.3 is 5.76 Å². The first-order chi connectivity index (χ1) is 11.6. The number of hydrogen-bond donors (Lipinski definition) is 3. The minimum absolute atomic E-state index is 0.300. The molecule has 3 rings (SSSR count). The Balaban J connectivity index is 1.52. The van der Waals surface area contributed by atoms with Gasteiger partial charge in [-0.1, -0.05) is 36.4 Å². The summed E-state index contributed by atoms with van der Waals surface area (Å²) in [6.45, 7) is 2.57. The van der Waals surface area contributed by atoms with Crippen molar-refractivity contribution >= 4 is 11.1 Å². The van der Waals surface area contributed by atoms with Crippen molar-refractivity contribution in [1.29, 1.82) is 0 Å². The molecule has 0 saturated heterocycles. The van der Waals surface area contributed by atoms with Crippen LogP contribution in [0.25, 0.3) is 11.1 Å². The molecule has 24 heavy (non-hydrogen) atoms. The Morgan fingerprint density at radius 2 is 2.00 bits per heavy atom. The number of aromatic nitrogens is 1. The molecule has 5 nitrogen and oxygen atoms in total. The first-order valence-corrected chi connectivity index (χ1v) is 8.20. The number of hydrogen-bond acceptors (Lipinski definition) is 4. The molecule has 1 heterocycles. The summed E-state index contributed by atoms with van der Waals surface area (Å²) in [5.74, 6) is -0.482. The smallest absolute Gasteiger partial charge is 0.408 e. The predicted octanol–water partition coefficient (Wildman–Crippen LogP) is 2.77. The summed E-state index contributed by atoms with van der Waals surface area (Å²) in [4.78, 5) is 13.8. The molecule has 0 spiro atoms. The quantitative estimate of drug-likeness (QED) is 0.624. The lowest BCUT2D eigenvalue weighted by molar-refractivity contribution is 0.170. The third-order valence-corrected chi connectivity index (χ3v) is 4.20. The fraction of sp³-hybridized carbons (Fsp3) is 0.316. The fourth-order valence-electron chi connectivity index (χ4n) is 2.73. The Bertz CT molecular complexity index is 838. The van der Waals surface area contributed by atoms with Gasteiger partial charge in [0.15, 0.2) is 5.58 Å². The molecule has 0 aliphatic heterocycles. The Kier molecular flexibility index (Phi) is 5.13. The summed E-state index contributed by atoms with van der Waals surface area (Å²) in [6.07, 6.45) is 1.36. The number of rotatable bonds is 7. The van der Waals surface area contributed by atoms with Crippen molar-refractivity contribution < 1.29 is 9.52 Å². The van der Waals surface area contributed by atoms with Crippen LogP contribution in [-0.2, 0) is 6.42 Å². The topological polar surface area (TPSA) is 78.3 Å².